The number of carbonyl (C=O) groups is 1. The Labute approximate surface area is 204 Å². The molecule has 33 heavy (non-hydrogen) atoms. The normalized spacial score (nSPS) is 15.4. The Balaban J connectivity index is 0.000000431. The van der Waals surface area contributed by atoms with Crippen LogP contribution in [-0.4, -0.2) is 43.0 Å². The van der Waals surface area contributed by atoms with Crippen molar-refractivity contribution in [3.63, 3.8) is 0 Å². The molecule has 0 amide bonds. The number of nitriles is 1. The van der Waals surface area contributed by atoms with E-state index in [1.807, 2.05) is 32.0 Å². The molecule has 1 heterocycles. The highest BCUT2D eigenvalue weighted by molar-refractivity contribution is 6.31. The van der Waals surface area contributed by atoms with Crippen molar-refractivity contribution in [2.45, 2.75) is 47.0 Å². The molecule has 1 saturated heterocycles. The molecule has 6 heteroatoms. The molecule has 1 N–H and O–H groups in total. The number of carbonyl (C=O) groups excluding carboxylic acids is 1. The topological polar surface area (TPSA) is 64.3 Å². The van der Waals surface area contributed by atoms with Gasteiger partial charge in [0.2, 0.25) is 0 Å². The molecule has 2 atom stereocenters. The van der Waals surface area contributed by atoms with Crippen molar-refractivity contribution in [1.82, 2.24) is 4.90 Å². The average Bonchev–Trinajstić information content (AvgIpc) is 3.26. The third-order valence-electron chi connectivity index (χ3n) is 5.53. The third kappa shape index (κ3) is 13.1. The van der Waals surface area contributed by atoms with Gasteiger partial charge in [-0.25, -0.2) is 4.39 Å². The Kier molecular flexibility index (Phi) is 17.0. The quantitative estimate of drug-likeness (QED) is 0.544. The fourth-order valence-electron chi connectivity index (χ4n) is 3.26. The number of aliphatic hydroxyl groups is 1. The van der Waals surface area contributed by atoms with E-state index >= 15 is 0 Å². The summed E-state index contributed by atoms with van der Waals surface area (Å²) >= 11 is 5.71. The van der Waals surface area contributed by atoms with Gasteiger partial charge in [0.25, 0.3) is 0 Å². The molecule has 2 aromatic rings. The zero-order valence-corrected chi connectivity index (χ0v) is 21.3. The van der Waals surface area contributed by atoms with Gasteiger partial charge in [-0.3, -0.25) is 0 Å². The summed E-state index contributed by atoms with van der Waals surface area (Å²) in [6.07, 6.45) is 3.97. The Bertz CT molecular complexity index is 854. The first-order valence-electron chi connectivity index (χ1n) is 11.4. The number of rotatable bonds is 4. The van der Waals surface area contributed by atoms with E-state index in [0.29, 0.717) is 16.9 Å². The molecular formula is C27H38ClFN2O2. The van der Waals surface area contributed by atoms with E-state index in [0.717, 1.165) is 29.4 Å². The molecule has 0 spiro atoms. The molecule has 3 rings (SSSR count). The molecule has 0 saturated carbocycles. The molecule has 4 nitrogen and oxygen atoms in total. The van der Waals surface area contributed by atoms with Crippen LogP contribution in [0.4, 0.5) is 4.39 Å². The van der Waals surface area contributed by atoms with Crippen molar-refractivity contribution in [1.29, 1.82) is 5.26 Å². The second-order valence-corrected chi connectivity index (χ2v) is 8.49. The Morgan fingerprint density at radius 2 is 1.94 bits per heavy atom. The van der Waals surface area contributed by atoms with E-state index in [1.54, 1.807) is 24.3 Å². The van der Waals surface area contributed by atoms with Crippen LogP contribution in [0.3, 0.4) is 0 Å². The van der Waals surface area contributed by atoms with Crippen molar-refractivity contribution in [2.75, 3.05) is 26.7 Å². The van der Waals surface area contributed by atoms with E-state index in [4.69, 9.17) is 26.8 Å². The van der Waals surface area contributed by atoms with Crippen molar-refractivity contribution in [2.24, 2.45) is 11.8 Å². The van der Waals surface area contributed by atoms with Gasteiger partial charge in [-0.2, -0.15) is 5.26 Å². The number of aryl methyl sites for hydroxylation is 2. The monoisotopic (exact) mass is 476 g/mol. The van der Waals surface area contributed by atoms with E-state index < -0.39 is 0 Å². The number of hydrogen-bond acceptors (Lipinski definition) is 4. The van der Waals surface area contributed by atoms with Gasteiger partial charge in [0, 0.05) is 6.54 Å². The summed E-state index contributed by atoms with van der Waals surface area (Å²) in [6, 6.07) is 14.2. The maximum absolute atomic E-state index is 12.6. The van der Waals surface area contributed by atoms with Gasteiger partial charge in [0.1, 0.15) is 18.2 Å². The van der Waals surface area contributed by atoms with Crippen LogP contribution in [0.5, 0.6) is 0 Å². The first kappa shape index (κ1) is 30.7. The summed E-state index contributed by atoms with van der Waals surface area (Å²) < 4.78 is 12.6. The molecular weight excluding hydrogens is 439 g/mol. The molecule has 0 radical (unpaired) electrons. The summed E-state index contributed by atoms with van der Waals surface area (Å²) in [5.41, 5.74) is 2.40. The first-order valence-corrected chi connectivity index (χ1v) is 11.7. The molecule has 0 aliphatic carbocycles. The van der Waals surface area contributed by atoms with Crippen LogP contribution in [0.1, 0.15) is 50.3 Å². The molecule has 1 aliphatic heterocycles. The van der Waals surface area contributed by atoms with Gasteiger partial charge in [-0.05, 0) is 74.5 Å². The highest BCUT2D eigenvalue weighted by Crippen LogP contribution is 2.24. The van der Waals surface area contributed by atoms with E-state index in [9.17, 15) is 4.39 Å². The van der Waals surface area contributed by atoms with Crippen LogP contribution < -0.4 is 0 Å². The number of nitrogens with zero attached hydrogens (tertiary/aromatic N) is 2. The largest absolute Gasteiger partial charge is 0.389 e. The predicted octanol–water partition coefficient (Wildman–Crippen LogP) is 6.07. The van der Waals surface area contributed by atoms with E-state index in [1.165, 1.54) is 32.0 Å². The molecule has 0 bridgehead atoms. The number of aldehydes is 1. The first-order chi connectivity index (χ1) is 15.7. The zero-order chi connectivity index (χ0) is 25.2. The Morgan fingerprint density at radius 3 is 2.33 bits per heavy atom. The lowest BCUT2D eigenvalue weighted by Gasteiger charge is -2.16. The lowest BCUT2D eigenvalue weighted by atomic mass is 9.91. The minimum Gasteiger partial charge on any atom is -0.389 e. The molecule has 0 aromatic heterocycles. The minimum absolute atomic E-state index is 0.0972. The Hall–Kier alpha value is -2.26. The highest BCUT2D eigenvalue weighted by Gasteiger charge is 2.23. The summed E-state index contributed by atoms with van der Waals surface area (Å²) in [5.74, 6) is 1.82. The summed E-state index contributed by atoms with van der Waals surface area (Å²) in [7, 11) is 2.22. The predicted molar refractivity (Wildman–Crippen MR) is 135 cm³/mol. The number of hydrogen-bond donors (Lipinski definition) is 1. The van der Waals surface area contributed by atoms with E-state index in [2.05, 4.69) is 25.8 Å². The maximum Gasteiger partial charge on any atom is 0.145 e. The van der Waals surface area contributed by atoms with Crippen LogP contribution in [0, 0.1) is 35.9 Å². The van der Waals surface area contributed by atoms with Gasteiger partial charge in [-0.15, -0.1) is 0 Å². The maximum atomic E-state index is 12.6. The van der Waals surface area contributed by atoms with Crippen LogP contribution in [0.25, 0.3) is 0 Å². The van der Waals surface area contributed by atoms with Gasteiger partial charge >= 0.3 is 0 Å². The summed E-state index contributed by atoms with van der Waals surface area (Å²) in [5, 5.41) is 16.5. The van der Waals surface area contributed by atoms with Crippen LogP contribution >= 0.6 is 11.6 Å². The SMILES string of the molecule is CCC(C)C1CCN(C)C1.CCc1ccccc1F.Cc1ccc(C#N)c(Cl)c1.O=CCO. The fourth-order valence-corrected chi connectivity index (χ4v) is 3.54. The number of benzene rings is 2. The third-order valence-corrected chi connectivity index (χ3v) is 5.85. The Morgan fingerprint density at radius 1 is 1.30 bits per heavy atom. The zero-order valence-electron chi connectivity index (χ0n) is 20.5. The molecule has 2 unspecified atom stereocenters. The molecule has 1 aliphatic rings. The smallest absolute Gasteiger partial charge is 0.145 e. The minimum atomic E-state index is -0.361. The molecule has 2 aromatic carbocycles. The van der Waals surface area contributed by atoms with Gasteiger partial charge in [-0.1, -0.05) is 63.1 Å². The summed E-state index contributed by atoms with van der Waals surface area (Å²) in [4.78, 5) is 11.4. The average molecular weight is 477 g/mol. The second kappa shape index (κ2) is 18.2. The van der Waals surface area contributed by atoms with Crippen molar-refractivity contribution in [3.8, 4) is 6.07 Å². The van der Waals surface area contributed by atoms with Crippen molar-refractivity contribution >= 4 is 17.9 Å². The summed E-state index contributed by atoms with van der Waals surface area (Å²) in [6.45, 7) is 10.8. The standard InChI is InChI=1S/C9H19N.C8H6ClN.C8H9F.C2H4O2/c1-4-8(2)9-5-6-10(3)7-9;1-6-2-3-7(5-10)8(9)4-6;1-2-7-5-3-4-6-8(7)9;3-1-2-4/h8-9H,4-7H2,1-3H3;2-4H,1H3;3-6H,2H2,1H3;1,4H,2H2. The van der Waals surface area contributed by atoms with Crippen molar-refractivity contribution < 1.29 is 14.3 Å². The number of aliphatic hydroxyl groups excluding tert-OH is 1. The number of likely N-dealkylation sites (tertiary alicyclic amines) is 1. The lowest BCUT2D eigenvalue weighted by molar-refractivity contribution is -0.110. The van der Waals surface area contributed by atoms with E-state index in [-0.39, 0.29) is 12.4 Å². The lowest BCUT2D eigenvalue weighted by Crippen LogP contribution is -2.17. The van der Waals surface area contributed by atoms with Gasteiger partial charge in [0.05, 0.1) is 17.2 Å². The van der Waals surface area contributed by atoms with Gasteiger partial charge < -0.3 is 14.8 Å². The fraction of sp³-hybridized carbons (Fsp3) is 0.481. The van der Waals surface area contributed by atoms with Gasteiger partial charge in [0.15, 0.2) is 0 Å². The van der Waals surface area contributed by atoms with Crippen molar-refractivity contribution in [3.05, 3.63) is 70.0 Å². The second-order valence-electron chi connectivity index (χ2n) is 8.09. The van der Waals surface area contributed by atoms with Crippen LogP contribution in [0.15, 0.2) is 42.5 Å². The van der Waals surface area contributed by atoms with Crippen LogP contribution in [-0.2, 0) is 11.2 Å². The van der Waals surface area contributed by atoms with Crippen LogP contribution in [0.2, 0.25) is 5.02 Å². The molecule has 182 valence electrons. The highest BCUT2D eigenvalue weighted by atomic mass is 35.5. The molecule has 1 fully saturated rings. The number of halogens is 2.